The van der Waals surface area contributed by atoms with E-state index < -0.39 is 0 Å². The summed E-state index contributed by atoms with van der Waals surface area (Å²) >= 11 is 12.2. The van der Waals surface area contributed by atoms with Gasteiger partial charge in [-0.25, -0.2) is 4.98 Å². The zero-order valence-electron chi connectivity index (χ0n) is 11.2. The summed E-state index contributed by atoms with van der Waals surface area (Å²) in [5.41, 5.74) is 0.820. The number of nitrogens with zero attached hydrogens (tertiary/aromatic N) is 2. The van der Waals surface area contributed by atoms with Gasteiger partial charge in [0.25, 0.3) is 0 Å². The van der Waals surface area contributed by atoms with Gasteiger partial charge >= 0.3 is 0 Å². The second kappa shape index (κ2) is 7.36. The first kappa shape index (κ1) is 14.9. The Labute approximate surface area is 128 Å². The molecule has 1 aromatic heterocycles. The molecule has 3 nitrogen and oxygen atoms in total. The fourth-order valence-electron chi connectivity index (χ4n) is 1.68. The monoisotopic (exact) mass is 310 g/mol. The average Bonchev–Trinajstić information content (AvgIpc) is 2.91. The number of aromatic nitrogens is 2. The van der Waals surface area contributed by atoms with Crippen LogP contribution in [0.5, 0.6) is 0 Å². The molecule has 0 spiro atoms. The maximum atomic E-state index is 6.25. The maximum absolute atomic E-state index is 6.25. The van der Waals surface area contributed by atoms with Crippen molar-refractivity contribution in [2.45, 2.75) is 19.8 Å². The molecule has 0 saturated heterocycles. The highest BCUT2D eigenvalue weighted by molar-refractivity contribution is 6.35. The molecule has 0 bridgehead atoms. The van der Waals surface area contributed by atoms with E-state index in [1.54, 1.807) is 24.7 Å². The quantitative estimate of drug-likeness (QED) is 0.557. The smallest absolute Gasteiger partial charge is 0.144 e. The van der Waals surface area contributed by atoms with Gasteiger partial charge in [-0.15, -0.1) is 0 Å². The largest absolute Gasteiger partial charge is 0.491 e. The normalized spacial score (nSPS) is 11.7. The number of hydrogen-bond donors (Lipinski definition) is 0. The zero-order chi connectivity index (χ0) is 14.4. The van der Waals surface area contributed by atoms with Crippen LogP contribution in [0.15, 0.2) is 36.9 Å². The molecule has 0 fully saturated rings. The molecule has 1 aromatic carbocycles. The van der Waals surface area contributed by atoms with Crippen LogP contribution in [-0.4, -0.2) is 16.2 Å². The fourth-order valence-corrected chi connectivity index (χ4v) is 2.18. The van der Waals surface area contributed by atoms with Crippen molar-refractivity contribution in [1.29, 1.82) is 0 Å². The number of hydrogen-bond acceptors (Lipinski definition) is 2. The topological polar surface area (TPSA) is 27.1 Å². The van der Waals surface area contributed by atoms with Crippen molar-refractivity contribution < 1.29 is 4.74 Å². The molecule has 0 radical (unpaired) electrons. The Morgan fingerprint density at radius 3 is 2.90 bits per heavy atom. The van der Waals surface area contributed by atoms with Crippen molar-refractivity contribution in [3.05, 3.63) is 52.5 Å². The summed E-state index contributed by atoms with van der Waals surface area (Å²) in [7, 11) is 0. The van der Waals surface area contributed by atoms with Crippen molar-refractivity contribution >= 4 is 35.2 Å². The summed E-state index contributed by atoms with van der Waals surface area (Å²) < 4.78 is 7.67. The van der Waals surface area contributed by atoms with Crippen molar-refractivity contribution in [3.8, 4) is 0 Å². The highest BCUT2D eigenvalue weighted by Crippen LogP contribution is 2.28. The lowest BCUT2D eigenvalue weighted by atomic mass is 10.2. The minimum absolute atomic E-state index is 0.570. The highest BCUT2D eigenvalue weighted by Gasteiger charge is 2.09. The second-order valence-electron chi connectivity index (χ2n) is 4.33. The van der Waals surface area contributed by atoms with Gasteiger partial charge in [0.15, 0.2) is 0 Å². The summed E-state index contributed by atoms with van der Waals surface area (Å²) in [4.78, 5) is 4.01. The van der Waals surface area contributed by atoms with Gasteiger partial charge in [-0.3, -0.25) is 0 Å². The molecule has 2 rings (SSSR count). The van der Waals surface area contributed by atoms with Gasteiger partial charge < -0.3 is 9.30 Å². The van der Waals surface area contributed by atoms with Gasteiger partial charge in [0.05, 0.1) is 24.2 Å². The summed E-state index contributed by atoms with van der Waals surface area (Å²) in [6.45, 7) is 2.77. The molecule has 5 heteroatoms. The van der Waals surface area contributed by atoms with E-state index in [0.29, 0.717) is 22.4 Å². The van der Waals surface area contributed by atoms with Gasteiger partial charge in [0, 0.05) is 23.0 Å². The molecule has 0 aliphatic rings. The zero-order valence-corrected chi connectivity index (χ0v) is 12.7. The first-order chi connectivity index (χ1) is 9.70. The Kier molecular flexibility index (Phi) is 5.50. The fraction of sp³-hybridized carbons (Fsp3) is 0.267. The lowest BCUT2D eigenvalue weighted by Gasteiger charge is -2.12. The van der Waals surface area contributed by atoms with Gasteiger partial charge in [-0.05, 0) is 24.6 Å². The summed E-state index contributed by atoms with van der Waals surface area (Å²) in [5, 5.41) is 1.18. The van der Waals surface area contributed by atoms with Crippen LogP contribution in [0.2, 0.25) is 10.0 Å². The predicted octanol–water partition coefficient (Wildman–Crippen LogP) is 4.96. The van der Waals surface area contributed by atoms with Crippen molar-refractivity contribution in [2.24, 2.45) is 0 Å². The molecule has 2 aromatic rings. The Morgan fingerprint density at radius 1 is 1.40 bits per heavy atom. The third kappa shape index (κ3) is 4.02. The molecule has 0 atom stereocenters. The minimum Gasteiger partial charge on any atom is -0.491 e. The lowest BCUT2D eigenvalue weighted by Crippen LogP contribution is -1.97. The van der Waals surface area contributed by atoms with Crippen LogP contribution in [0.3, 0.4) is 0 Å². The van der Waals surface area contributed by atoms with Crippen LogP contribution < -0.4 is 0 Å². The molecule has 0 unspecified atom stereocenters. The first-order valence-electron chi connectivity index (χ1n) is 6.48. The molecule has 0 aliphatic heterocycles. The Morgan fingerprint density at radius 2 is 2.25 bits per heavy atom. The van der Waals surface area contributed by atoms with Crippen LogP contribution in [0.1, 0.15) is 25.3 Å². The third-order valence-electron chi connectivity index (χ3n) is 2.74. The number of halogens is 2. The lowest BCUT2D eigenvalue weighted by molar-refractivity contribution is 0.271. The summed E-state index contributed by atoms with van der Waals surface area (Å²) in [6.07, 6.45) is 9.18. The third-order valence-corrected chi connectivity index (χ3v) is 3.29. The molecule has 0 saturated carbocycles. The van der Waals surface area contributed by atoms with Gasteiger partial charge in [0.2, 0.25) is 0 Å². The van der Waals surface area contributed by atoms with Crippen LogP contribution in [0, 0.1) is 0 Å². The standard InChI is InChI=1S/C15H16Cl2N2O/c1-2-3-8-20-15(10-19-7-6-18-11-19)13-5-4-12(16)9-14(13)17/h4-7,9-11H,2-3,8H2,1H3/b15-10-. The van der Waals surface area contributed by atoms with E-state index in [2.05, 4.69) is 11.9 Å². The average molecular weight is 311 g/mol. The van der Waals surface area contributed by atoms with E-state index in [-0.39, 0.29) is 0 Å². The molecule has 20 heavy (non-hydrogen) atoms. The first-order valence-corrected chi connectivity index (χ1v) is 7.23. The predicted molar refractivity (Wildman–Crippen MR) is 83.7 cm³/mol. The maximum Gasteiger partial charge on any atom is 0.144 e. The van der Waals surface area contributed by atoms with E-state index in [1.807, 2.05) is 23.0 Å². The minimum atomic E-state index is 0.570. The second-order valence-corrected chi connectivity index (χ2v) is 5.17. The number of imidazole rings is 1. The number of unbranched alkanes of at least 4 members (excludes halogenated alkanes) is 1. The summed E-state index contributed by atoms with van der Waals surface area (Å²) in [5.74, 6) is 0.707. The van der Waals surface area contributed by atoms with Crippen molar-refractivity contribution in [2.75, 3.05) is 6.61 Å². The molecule has 0 N–H and O–H groups in total. The molecule has 106 valence electrons. The van der Waals surface area contributed by atoms with Gasteiger partial charge in [0.1, 0.15) is 5.76 Å². The van der Waals surface area contributed by atoms with Crippen LogP contribution in [0.25, 0.3) is 12.0 Å². The molecule has 0 aliphatic carbocycles. The van der Waals surface area contributed by atoms with E-state index in [4.69, 9.17) is 27.9 Å². The Bertz CT molecular complexity index is 580. The van der Waals surface area contributed by atoms with Gasteiger partial charge in [-0.1, -0.05) is 36.5 Å². The SMILES string of the molecule is CCCCO/C(=C\n1ccnc1)c1ccc(Cl)cc1Cl. The number of benzene rings is 1. The molecule has 1 heterocycles. The van der Waals surface area contributed by atoms with E-state index in [0.717, 1.165) is 18.4 Å². The Hall–Kier alpha value is -1.45. The van der Waals surface area contributed by atoms with Crippen LogP contribution in [-0.2, 0) is 4.74 Å². The van der Waals surface area contributed by atoms with Crippen molar-refractivity contribution in [3.63, 3.8) is 0 Å². The molecular weight excluding hydrogens is 295 g/mol. The van der Waals surface area contributed by atoms with E-state index in [9.17, 15) is 0 Å². The van der Waals surface area contributed by atoms with E-state index in [1.165, 1.54) is 0 Å². The number of ether oxygens (including phenoxy) is 1. The van der Waals surface area contributed by atoms with Crippen LogP contribution in [0.4, 0.5) is 0 Å². The number of rotatable bonds is 6. The van der Waals surface area contributed by atoms with E-state index >= 15 is 0 Å². The molecular formula is C15H16Cl2N2O. The highest BCUT2D eigenvalue weighted by atomic mass is 35.5. The Balaban J connectivity index is 2.30. The summed E-state index contributed by atoms with van der Waals surface area (Å²) in [6, 6.07) is 5.37. The molecule has 0 amide bonds. The van der Waals surface area contributed by atoms with Crippen LogP contribution >= 0.6 is 23.2 Å². The van der Waals surface area contributed by atoms with Gasteiger partial charge in [-0.2, -0.15) is 0 Å². The van der Waals surface area contributed by atoms with Crippen molar-refractivity contribution in [1.82, 2.24) is 9.55 Å².